The molecule has 0 saturated carbocycles. The number of hydrogen-bond acceptors (Lipinski definition) is 5. The predicted molar refractivity (Wildman–Crippen MR) is 101 cm³/mol. The van der Waals surface area contributed by atoms with E-state index < -0.39 is 15.7 Å². The normalized spacial score (nSPS) is 12.7. The third kappa shape index (κ3) is 4.83. The summed E-state index contributed by atoms with van der Waals surface area (Å²) in [6, 6.07) is 13.8. The smallest absolute Gasteiger partial charge is 0.252 e. The molecule has 0 aliphatic heterocycles. The lowest BCUT2D eigenvalue weighted by atomic mass is 10.1. The van der Waals surface area contributed by atoms with Gasteiger partial charge < -0.3 is 15.0 Å². The molecule has 26 heavy (non-hydrogen) atoms. The van der Waals surface area contributed by atoms with Crippen LogP contribution in [0.3, 0.4) is 0 Å². The third-order valence-electron chi connectivity index (χ3n) is 4.09. The second-order valence-corrected chi connectivity index (χ2v) is 8.22. The Labute approximate surface area is 154 Å². The van der Waals surface area contributed by atoms with E-state index in [0.29, 0.717) is 6.54 Å². The Morgan fingerprint density at radius 1 is 1.15 bits per heavy atom. The second-order valence-electron chi connectivity index (χ2n) is 6.23. The van der Waals surface area contributed by atoms with Crippen molar-refractivity contribution in [1.29, 1.82) is 0 Å². The molecule has 0 spiro atoms. The number of ether oxygens (including phenoxy) is 1. The van der Waals surface area contributed by atoms with Gasteiger partial charge in [0.15, 0.2) is 9.84 Å². The molecular weight excluding hydrogens is 352 g/mol. The molecule has 0 saturated heterocycles. The Kier molecular flexibility index (Phi) is 6.39. The molecule has 0 heterocycles. The molecule has 2 rings (SSSR count). The van der Waals surface area contributed by atoms with E-state index in [9.17, 15) is 13.2 Å². The van der Waals surface area contributed by atoms with Crippen molar-refractivity contribution in [2.75, 3.05) is 34.0 Å². The van der Waals surface area contributed by atoms with Crippen molar-refractivity contribution >= 4 is 15.7 Å². The van der Waals surface area contributed by atoms with Crippen molar-refractivity contribution in [3.63, 3.8) is 0 Å². The van der Waals surface area contributed by atoms with Gasteiger partial charge in [0.05, 0.1) is 23.6 Å². The lowest BCUT2D eigenvalue weighted by molar-refractivity contribution is 0.0938. The average Bonchev–Trinajstić information content (AvgIpc) is 2.61. The molecule has 1 amide bonds. The molecule has 6 nitrogen and oxygen atoms in total. The van der Waals surface area contributed by atoms with E-state index in [1.54, 1.807) is 19.2 Å². The van der Waals surface area contributed by atoms with Gasteiger partial charge in [-0.2, -0.15) is 0 Å². The van der Waals surface area contributed by atoms with Crippen LogP contribution in [0.1, 0.15) is 22.0 Å². The Morgan fingerprint density at radius 3 is 2.46 bits per heavy atom. The quantitative estimate of drug-likeness (QED) is 0.801. The van der Waals surface area contributed by atoms with Crippen LogP contribution in [0, 0.1) is 0 Å². The van der Waals surface area contributed by atoms with Crippen molar-refractivity contribution < 1.29 is 17.9 Å². The first-order valence-electron chi connectivity index (χ1n) is 8.11. The molecule has 0 aliphatic carbocycles. The van der Waals surface area contributed by atoms with E-state index in [1.807, 2.05) is 43.3 Å². The highest BCUT2D eigenvalue weighted by Crippen LogP contribution is 2.22. The number of sulfone groups is 1. The number of carbonyl (C=O) groups is 1. The Morgan fingerprint density at radius 2 is 1.85 bits per heavy atom. The number of benzene rings is 2. The first-order valence-corrected chi connectivity index (χ1v) is 10.0. The van der Waals surface area contributed by atoms with Crippen LogP contribution in [-0.2, 0) is 9.84 Å². The van der Waals surface area contributed by atoms with Crippen LogP contribution >= 0.6 is 0 Å². The van der Waals surface area contributed by atoms with Crippen molar-refractivity contribution in [3.8, 4) is 5.75 Å². The van der Waals surface area contributed by atoms with E-state index >= 15 is 0 Å². The third-order valence-corrected chi connectivity index (χ3v) is 5.24. The molecule has 1 unspecified atom stereocenters. The zero-order valence-electron chi connectivity index (χ0n) is 15.4. The standard InChI is InChI=1S/C19H24N2O4S/c1-21(2)17(14-8-7-9-15(12-14)25-3)13-20-19(22)16-10-5-6-11-18(16)26(4,23)24/h5-12,17H,13H2,1-4H3,(H,20,22). The van der Waals surface area contributed by atoms with Gasteiger partial charge in [-0.3, -0.25) is 4.79 Å². The molecule has 0 radical (unpaired) electrons. The molecule has 1 atom stereocenters. The maximum atomic E-state index is 12.6. The summed E-state index contributed by atoms with van der Waals surface area (Å²) >= 11 is 0. The molecule has 140 valence electrons. The first-order chi connectivity index (χ1) is 12.2. The minimum atomic E-state index is -3.48. The number of nitrogens with zero attached hydrogens (tertiary/aromatic N) is 1. The number of nitrogens with one attached hydrogen (secondary N) is 1. The predicted octanol–water partition coefficient (Wildman–Crippen LogP) is 2.13. The lowest BCUT2D eigenvalue weighted by Crippen LogP contribution is -2.35. The van der Waals surface area contributed by atoms with Crippen molar-refractivity contribution in [2.24, 2.45) is 0 Å². The maximum Gasteiger partial charge on any atom is 0.252 e. The summed E-state index contributed by atoms with van der Waals surface area (Å²) < 4.78 is 29.0. The number of carbonyl (C=O) groups excluding carboxylic acids is 1. The number of hydrogen-bond donors (Lipinski definition) is 1. The van der Waals surface area contributed by atoms with Gasteiger partial charge in [-0.1, -0.05) is 24.3 Å². The molecule has 0 bridgehead atoms. The highest BCUT2D eigenvalue weighted by Gasteiger charge is 2.20. The van der Waals surface area contributed by atoms with E-state index in [-0.39, 0.29) is 16.5 Å². The van der Waals surface area contributed by atoms with Crippen molar-refractivity contribution in [2.45, 2.75) is 10.9 Å². The first kappa shape index (κ1) is 19.9. The summed E-state index contributed by atoms with van der Waals surface area (Å²) in [5.74, 6) is 0.323. The number of likely N-dealkylation sites (N-methyl/N-ethyl adjacent to an activating group) is 1. The van der Waals surface area contributed by atoms with Crippen LogP contribution in [0.15, 0.2) is 53.4 Å². The van der Waals surface area contributed by atoms with Gasteiger partial charge in [0.2, 0.25) is 0 Å². The van der Waals surface area contributed by atoms with Gasteiger partial charge in [0.1, 0.15) is 5.75 Å². The monoisotopic (exact) mass is 376 g/mol. The van der Waals surface area contributed by atoms with Crippen LogP contribution < -0.4 is 10.1 Å². The van der Waals surface area contributed by atoms with Crippen molar-refractivity contribution in [1.82, 2.24) is 10.2 Å². The Balaban J connectivity index is 2.21. The highest BCUT2D eigenvalue weighted by molar-refractivity contribution is 7.90. The second kappa shape index (κ2) is 8.33. The van der Waals surface area contributed by atoms with Gasteiger partial charge in [-0.25, -0.2) is 8.42 Å². The zero-order chi connectivity index (χ0) is 19.3. The summed E-state index contributed by atoms with van der Waals surface area (Å²) in [5, 5.41) is 2.84. The lowest BCUT2D eigenvalue weighted by Gasteiger charge is -2.25. The van der Waals surface area contributed by atoms with Gasteiger partial charge in [0, 0.05) is 12.8 Å². The summed E-state index contributed by atoms with van der Waals surface area (Å²) in [6.45, 7) is 0.330. The van der Waals surface area contributed by atoms with E-state index in [1.165, 1.54) is 12.1 Å². The number of methoxy groups -OCH3 is 1. The van der Waals surface area contributed by atoms with Crippen molar-refractivity contribution in [3.05, 3.63) is 59.7 Å². The van der Waals surface area contributed by atoms with E-state index in [0.717, 1.165) is 17.6 Å². The SMILES string of the molecule is COc1cccc(C(CNC(=O)c2ccccc2S(C)(=O)=O)N(C)C)c1. The van der Waals surface area contributed by atoms with Crippen LogP contribution in [0.5, 0.6) is 5.75 Å². The van der Waals surface area contributed by atoms with Gasteiger partial charge >= 0.3 is 0 Å². The minimum absolute atomic E-state index is 0.0280. The molecule has 0 aliphatic rings. The van der Waals surface area contributed by atoms with E-state index in [4.69, 9.17) is 4.74 Å². The Bertz CT molecular complexity index is 879. The number of amides is 1. The Hall–Kier alpha value is -2.38. The van der Waals surface area contributed by atoms with Crippen LogP contribution in [-0.4, -0.2) is 53.2 Å². The van der Waals surface area contributed by atoms with Gasteiger partial charge in [0.25, 0.3) is 5.91 Å². The highest BCUT2D eigenvalue weighted by atomic mass is 32.2. The summed E-state index contributed by atoms with van der Waals surface area (Å²) in [4.78, 5) is 14.6. The molecule has 7 heteroatoms. The summed E-state index contributed by atoms with van der Waals surface area (Å²) in [6.07, 6.45) is 1.10. The van der Waals surface area contributed by atoms with Gasteiger partial charge in [-0.15, -0.1) is 0 Å². The number of rotatable bonds is 7. The topological polar surface area (TPSA) is 75.7 Å². The minimum Gasteiger partial charge on any atom is -0.497 e. The molecule has 1 N–H and O–H groups in total. The van der Waals surface area contributed by atoms with Crippen LogP contribution in [0.2, 0.25) is 0 Å². The molecule has 2 aromatic carbocycles. The van der Waals surface area contributed by atoms with Crippen LogP contribution in [0.25, 0.3) is 0 Å². The summed E-state index contributed by atoms with van der Waals surface area (Å²) in [7, 11) is 1.96. The molecular formula is C19H24N2O4S. The molecule has 2 aromatic rings. The van der Waals surface area contributed by atoms with Crippen LogP contribution in [0.4, 0.5) is 0 Å². The fraction of sp³-hybridized carbons (Fsp3) is 0.316. The van der Waals surface area contributed by atoms with Gasteiger partial charge in [-0.05, 0) is 43.9 Å². The fourth-order valence-electron chi connectivity index (χ4n) is 2.71. The zero-order valence-corrected chi connectivity index (χ0v) is 16.2. The largest absolute Gasteiger partial charge is 0.497 e. The summed E-state index contributed by atoms with van der Waals surface area (Å²) in [5.41, 5.74) is 1.14. The fourth-order valence-corrected chi connectivity index (χ4v) is 3.60. The average molecular weight is 376 g/mol. The maximum absolute atomic E-state index is 12.6. The molecule has 0 fully saturated rings. The molecule has 0 aromatic heterocycles. The van der Waals surface area contributed by atoms with E-state index in [2.05, 4.69) is 5.32 Å².